The molecule has 0 N–H and O–H groups in total. The van der Waals surface area contributed by atoms with Gasteiger partial charge in [-0.05, 0) is 11.0 Å². The van der Waals surface area contributed by atoms with Crippen molar-refractivity contribution in [3.63, 3.8) is 0 Å². The molecule has 0 aromatic heterocycles. The summed E-state index contributed by atoms with van der Waals surface area (Å²) in [6.45, 7) is 6.44. The Bertz CT molecular complexity index is 309. The fourth-order valence-corrected chi connectivity index (χ4v) is 1.22. The molecule has 82 valence electrons. The van der Waals surface area contributed by atoms with Crippen LogP contribution in [-0.2, 0) is 16.1 Å². The lowest BCUT2D eigenvalue weighted by molar-refractivity contribution is -0.147. The summed E-state index contributed by atoms with van der Waals surface area (Å²) >= 11 is 0. The van der Waals surface area contributed by atoms with E-state index in [1.54, 1.807) is 0 Å². The molecule has 0 aliphatic rings. The standard InChI is InChI=1S/C13H18O2/c1-13(2,3)9-12(14)15-10-11-7-5-4-6-8-11/h4-8H,9-10H2,1-3H3. The molecule has 2 heteroatoms. The van der Waals surface area contributed by atoms with Gasteiger partial charge in [-0.3, -0.25) is 4.79 Å². The second kappa shape index (κ2) is 4.96. The van der Waals surface area contributed by atoms with Gasteiger partial charge in [0, 0.05) is 0 Å². The predicted octanol–water partition coefficient (Wildman–Crippen LogP) is 3.17. The summed E-state index contributed by atoms with van der Waals surface area (Å²) in [6, 6.07) is 9.72. The molecule has 1 aromatic rings. The molecule has 0 saturated heterocycles. The van der Waals surface area contributed by atoms with Crippen LogP contribution < -0.4 is 0 Å². The number of ether oxygens (including phenoxy) is 1. The van der Waals surface area contributed by atoms with E-state index < -0.39 is 0 Å². The Balaban J connectivity index is 2.35. The van der Waals surface area contributed by atoms with Gasteiger partial charge in [-0.1, -0.05) is 51.1 Å². The molecule has 0 heterocycles. The minimum atomic E-state index is -0.133. The van der Waals surface area contributed by atoms with E-state index in [9.17, 15) is 4.79 Å². The molecule has 0 fully saturated rings. The molecule has 0 bridgehead atoms. The zero-order valence-electron chi connectivity index (χ0n) is 9.62. The minimum Gasteiger partial charge on any atom is -0.461 e. The quantitative estimate of drug-likeness (QED) is 0.710. The SMILES string of the molecule is CC(C)(C)CC(=O)OCc1ccccc1. The van der Waals surface area contributed by atoms with Crippen LogP contribution in [0.2, 0.25) is 0 Å². The lowest BCUT2D eigenvalue weighted by Crippen LogP contribution is -2.15. The predicted molar refractivity (Wildman–Crippen MR) is 60.3 cm³/mol. The molecule has 0 aliphatic carbocycles. The smallest absolute Gasteiger partial charge is 0.306 e. The summed E-state index contributed by atoms with van der Waals surface area (Å²) in [5.74, 6) is -0.133. The van der Waals surface area contributed by atoms with Crippen molar-refractivity contribution in [1.29, 1.82) is 0 Å². The Kier molecular flexibility index (Phi) is 3.89. The number of carbonyl (C=O) groups is 1. The third-order valence-corrected chi connectivity index (χ3v) is 1.92. The van der Waals surface area contributed by atoms with E-state index in [4.69, 9.17) is 4.74 Å². The van der Waals surface area contributed by atoms with Gasteiger partial charge in [0.1, 0.15) is 6.61 Å². The molecule has 1 rings (SSSR count). The molecule has 15 heavy (non-hydrogen) atoms. The summed E-state index contributed by atoms with van der Waals surface area (Å²) in [4.78, 5) is 11.4. The number of carbonyl (C=O) groups excluding carboxylic acids is 1. The van der Waals surface area contributed by atoms with Gasteiger partial charge in [-0.2, -0.15) is 0 Å². The van der Waals surface area contributed by atoms with Gasteiger partial charge in [-0.15, -0.1) is 0 Å². The monoisotopic (exact) mass is 206 g/mol. The normalized spacial score (nSPS) is 11.1. The first-order valence-corrected chi connectivity index (χ1v) is 5.17. The molecule has 0 unspecified atom stereocenters. The van der Waals surface area contributed by atoms with Crippen LogP contribution in [0.15, 0.2) is 30.3 Å². The van der Waals surface area contributed by atoms with Gasteiger partial charge < -0.3 is 4.74 Å². The third-order valence-electron chi connectivity index (χ3n) is 1.92. The van der Waals surface area contributed by atoms with Gasteiger partial charge in [0.15, 0.2) is 0 Å². The zero-order valence-corrected chi connectivity index (χ0v) is 9.62. The largest absolute Gasteiger partial charge is 0.461 e. The Hall–Kier alpha value is -1.31. The maximum absolute atomic E-state index is 11.4. The van der Waals surface area contributed by atoms with Crippen LogP contribution in [0.5, 0.6) is 0 Å². The van der Waals surface area contributed by atoms with Crippen LogP contribution in [-0.4, -0.2) is 5.97 Å². The summed E-state index contributed by atoms with van der Waals surface area (Å²) < 4.78 is 5.17. The molecule has 0 spiro atoms. The average molecular weight is 206 g/mol. The number of hydrogen-bond acceptors (Lipinski definition) is 2. The molecule has 0 saturated carbocycles. The first-order chi connectivity index (χ1) is 6.97. The fraction of sp³-hybridized carbons (Fsp3) is 0.462. The maximum atomic E-state index is 11.4. The average Bonchev–Trinajstić information content (AvgIpc) is 2.14. The van der Waals surface area contributed by atoms with E-state index in [0.29, 0.717) is 13.0 Å². The van der Waals surface area contributed by atoms with Gasteiger partial charge in [0.25, 0.3) is 0 Å². The fourth-order valence-electron chi connectivity index (χ4n) is 1.22. The number of esters is 1. The van der Waals surface area contributed by atoms with E-state index in [-0.39, 0.29) is 11.4 Å². The van der Waals surface area contributed by atoms with Crippen LogP contribution in [0.4, 0.5) is 0 Å². The summed E-state index contributed by atoms with van der Waals surface area (Å²) in [5.41, 5.74) is 1.02. The Morgan fingerprint density at radius 2 is 1.80 bits per heavy atom. The molecule has 0 radical (unpaired) electrons. The van der Waals surface area contributed by atoms with E-state index in [1.807, 2.05) is 51.1 Å². The van der Waals surface area contributed by atoms with Crippen LogP contribution >= 0.6 is 0 Å². The molecule has 2 nitrogen and oxygen atoms in total. The molecule has 0 aliphatic heterocycles. The Morgan fingerprint density at radius 3 is 2.33 bits per heavy atom. The first kappa shape index (κ1) is 11.8. The molecule has 1 aromatic carbocycles. The van der Waals surface area contributed by atoms with Crippen molar-refractivity contribution in [2.75, 3.05) is 0 Å². The van der Waals surface area contributed by atoms with Crippen LogP contribution in [0, 0.1) is 5.41 Å². The van der Waals surface area contributed by atoms with Crippen molar-refractivity contribution >= 4 is 5.97 Å². The number of benzene rings is 1. The maximum Gasteiger partial charge on any atom is 0.306 e. The lowest BCUT2D eigenvalue weighted by Gasteiger charge is -2.16. The van der Waals surface area contributed by atoms with E-state index in [0.717, 1.165) is 5.56 Å². The van der Waals surface area contributed by atoms with Gasteiger partial charge >= 0.3 is 5.97 Å². The van der Waals surface area contributed by atoms with Crippen molar-refractivity contribution < 1.29 is 9.53 Å². The second-order valence-electron chi connectivity index (χ2n) is 4.88. The summed E-state index contributed by atoms with van der Waals surface area (Å²) in [6.07, 6.45) is 0.458. The van der Waals surface area contributed by atoms with Crippen molar-refractivity contribution in [2.45, 2.75) is 33.8 Å². The first-order valence-electron chi connectivity index (χ1n) is 5.17. The molecular formula is C13H18O2. The van der Waals surface area contributed by atoms with E-state index in [1.165, 1.54) is 0 Å². The second-order valence-corrected chi connectivity index (χ2v) is 4.88. The highest BCUT2D eigenvalue weighted by molar-refractivity contribution is 5.70. The molecule has 0 atom stereocenters. The van der Waals surface area contributed by atoms with Crippen molar-refractivity contribution in [3.05, 3.63) is 35.9 Å². The Labute approximate surface area is 91.3 Å². The van der Waals surface area contributed by atoms with Gasteiger partial charge in [0.05, 0.1) is 6.42 Å². The highest BCUT2D eigenvalue weighted by atomic mass is 16.5. The number of rotatable bonds is 3. The van der Waals surface area contributed by atoms with Gasteiger partial charge in [0.2, 0.25) is 0 Å². The molecular weight excluding hydrogens is 188 g/mol. The lowest BCUT2D eigenvalue weighted by atomic mass is 9.92. The van der Waals surface area contributed by atoms with Crippen LogP contribution in [0.25, 0.3) is 0 Å². The van der Waals surface area contributed by atoms with Crippen LogP contribution in [0.3, 0.4) is 0 Å². The topological polar surface area (TPSA) is 26.3 Å². The highest BCUT2D eigenvalue weighted by Crippen LogP contribution is 2.19. The van der Waals surface area contributed by atoms with Crippen molar-refractivity contribution in [2.24, 2.45) is 5.41 Å². The minimum absolute atomic E-state index is 0.00618. The van der Waals surface area contributed by atoms with E-state index in [2.05, 4.69) is 0 Å². The van der Waals surface area contributed by atoms with Crippen molar-refractivity contribution in [1.82, 2.24) is 0 Å². The summed E-state index contributed by atoms with van der Waals surface area (Å²) in [5, 5.41) is 0. The Morgan fingerprint density at radius 1 is 1.20 bits per heavy atom. The zero-order chi connectivity index (χ0) is 11.3. The van der Waals surface area contributed by atoms with E-state index >= 15 is 0 Å². The summed E-state index contributed by atoms with van der Waals surface area (Å²) in [7, 11) is 0. The highest BCUT2D eigenvalue weighted by Gasteiger charge is 2.16. The van der Waals surface area contributed by atoms with Crippen LogP contribution in [0.1, 0.15) is 32.8 Å². The third kappa shape index (κ3) is 5.21. The number of hydrogen-bond donors (Lipinski definition) is 0. The molecule has 0 amide bonds. The van der Waals surface area contributed by atoms with Gasteiger partial charge in [-0.25, -0.2) is 0 Å². The van der Waals surface area contributed by atoms with Crippen molar-refractivity contribution in [3.8, 4) is 0 Å².